The van der Waals surface area contributed by atoms with Gasteiger partial charge < -0.3 is 29.0 Å². The fourth-order valence-electron chi connectivity index (χ4n) is 6.30. The highest BCUT2D eigenvalue weighted by Gasteiger charge is 2.50. The topological polar surface area (TPSA) is 170 Å². The molecule has 3 heterocycles. The molecule has 1 N–H and O–H groups in total. The number of nitrogens with one attached hydrogen (secondary N) is 1. The van der Waals surface area contributed by atoms with E-state index in [0.29, 0.717) is 16.9 Å². The second-order valence-electron chi connectivity index (χ2n) is 11.6. The molecule has 1 aliphatic heterocycles. The van der Waals surface area contributed by atoms with E-state index >= 15 is 0 Å². The number of carbonyl (C=O) groups is 4. The van der Waals surface area contributed by atoms with Crippen LogP contribution in [0, 0.1) is 0 Å². The first kappa shape index (κ1) is 35.1. The van der Waals surface area contributed by atoms with Gasteiger partial charge in [0.05, 0.1) is 13.4 Å². The molecule has 0 saturated carbocycles. The lowest BCUT2D eigenvalue weighted by Crippen LogP contribution is -2.42. The van der Waals surface area contributed by atoms with Gasteiger partial charge in [-0.1, -0.05) is 60.1 Å². The van der Waals surface area contributed by atoms with Gasteiger partial charge in [-0.3, -0.25) is 14.2 Å². The van der Waals surface area contributed by atoms with E-state index in [1.54, 1.807) is 4.57 Å². The van der Waals surface area contributed by atoms with E-state index in [1.807, 2.05) is 48.5 Å². The van der Waals surface area contributed by atoms with Gasteiger partial charge in [0.2, 0.25) is 0 Å². The Bertz CT molecular complexity index is 1860. The molecule has 2 aromatic heterocycles. The van der Waals surface area contributed by atoms with Crippen molar-refractivity contribution in [1.82, 2.24) is 24.8 Å². The number of esters is 3. The lowest BCUT2D eigenvalue weighted by atomic mass is 9.98. The quantitative estimate of drug-likeness (QED) is 0.0943. The SMILES string of the molecule is COC(=O)C(CCSCC1O[C@@H](n2cnc3c(Cl)ncnc32)C(OC(C)=O)[C@@H]1OC(C)=O)NC(=O)OCC1c2ccccc2-c2ccccc21. The van der Waals surface area contributed by atoms with Crippen LogP contribution in [0.1, 0.15) is 43.5 Å². The number of alkyl carbamates (subject to hydrolysis) is 1. The predicted octanol–water partition coefficient (Wildman–Crippen LogP) is 4.44. The van der Waals surface area contributed by atoms with Crippen LogP contribution in [0.15, 0.2) is 61.2 Å². The molecule has 1 fully saturated rings. The number of rotatable bonds is 12. The minimum Gasteiger partial charge on any atom is -0.467 e. The van der Waals surface area contributed by atoms with Gasteiger partial charge in [0.1, 0.15) is 30.6 Å². The van der Waals surface area contributed by atoms with Gasteiger partial charge in [-0.2, -0.15) is 11.8 Å². The van der Waals surface area contributed by atoms with E-state index < -0.39 is 54.6 Å². The summed E-state index contributed by atoms with van der Waals surface area (Å²) < 4.78 is 29.7. The molecule has 2 aliphatic rings. The number of hydrogen-bond donors (Lipinski definition) is 1. The second-order valence-corrected chi connectivity index (χ2v) is 13.1. The Morgan fingerprint density at radius 2 is 1.62 bits per heavy atom. The molecule has 262 valence electrons. The molecule has 4 aromatic rings. The van der Waals surface area contributed by atoms with E-state index in [1.165, 1.54) is 45.4 Å². The number of ether oxygens (including phenoxy) is 5. The highest BCUT2D eigenvalue weighted by atomic mass is 35.5. The Balaban J connectivity index is 1.08. The third kappa shape index (κ3) is 7.39. The minimum absolute atomic E-state index is 0.0914. The summed E-state index contributed by atoms with van der Waals surface area (Å²) in [5, 5.41) is 2.77. The zero-order chi connectivity index (χ0) is 35.4. The van der Waals surface area contributed by atoms with Crippen molar-refractivity contribution < 1.29 is 42.9 Å². The van der Waals surface area contributed by atoms with Crippen LogP contribution in [-0.2, 0) is 38.1 Å². The number of aromatic nitrogens is 4. The van der Waals surface area contributed by atoms with Crippen molar-refractivity contribution >= 4 is 58.5 Å². The van der Waals surface area contributed by atoms with Crippen LogP contribution in [0.3, 0.4) is 0 Å². The molecule has 50 heavy (non-hydrogen) atoms. The molecule has 1 aliphatic carbocycles. The van der Waals surface area contributed by atoms with E-state index in [-0.39, 0.29) is 29.9 Å². The molecule has 16 heteroatoms. The largest absolute Gasteiger partial charge is 0.467 e. The van der Waals surface area contributed by atoms with Crippen molar-refractivity contribution in [1.29, 1.82) is 0 Å². The van der Waals surface area contributed by atoms with Crippen molar-refractivity contribution in [3.8, 4) is 11.1 Å². The van der Waals surface area contributed by atoms with Gasteiger partial charge in [0.15, 0.2) is 29.2 Å². The average Bonchev–Trinajstić information content (AvgIpc) is 3.77. The van der Waals surface area contributed by atoms with Crippen LogP contribution < -0.4 is 5.32 Å². The molecule has 14 nitrogen and oxygen atoms in total. The molecule has 5 atom stereocenters. The number of amides is 1. The minimum atomic E-state index is -1.04. The summed E-state index contributed by atoms with van der Waals surface area (Å²) in [6.45, 7) is 2.58. The first-order chi connectivity index (χ1) is 24.2. The molecular formula is C34H34ClN5O9S. The van der Waals surface area contributed by atoms with Gasteiger partial charge in [-0.15, -0.1) is 0 Å². The summed E-state index contributed by atoms with van der Waals surface area (Å²) in [5.74, 6) is -1.32. The highest BCUT2D eigenvalue weighted by molar-refractivity contribution is 7.99. The molecule has 3 unspecified atom stereocenters. The third-order valence-electron chi connectivity index (χ3n) is 8.43. The zero-order valence-electron chi connectivity index (χ0n) is 27.3. The Hall–Kier alpha value is -4.73. The van der Waals surface area contributed by atoms with Crippen molar-refractivity contribution in [3.05, 3.63) is 77.5 Å². The van der Waals surface area contributed by atoms with Crippen molar-refractivity contribution in [2.75, 3.05) is 25.2 Å². The predicted molar refractivity (Wildman–Crippen MR) is 181 cm³/mol. The summed E-state index contributed by atoms with van der Waals surface area (Å²) in [7, 11) is 1.24. The Morgan fingerprint density at radius 1 is 0.960 bits per heavy atom. The summed E-state index contributed by atoms with van der Waals surface area (Å²) in [4.78, 5) is 62.3. The maximum atomic E-state index is 12.9. The van der Waals surface area contributed by atoms with Gasteiger partial charge in [0.25, 0.3) is 0 Å². The molecule has 1 saturated heterocycles. The van der Waals surface area contributed by atoms with Crippen molar-refractivity contribution in [2.24, 2.45) is 0 Å². The number of thioether (sulfide) groups is 1. The number of fused-ring (bicyclic) bond motifs is 4. The maximum absolute atomic E-state index is 12.9. The number of carbonyl (C=O) groups excluding carboxylic acids is 4. The molecule has 0 spiro atoms. The van der Waals surface area contributed by atoms with Crippen molar-refractivity contribution in [2.45, 2.75) is 56.8 Å². The van der Waals surface area contributed by atoms with Crippen LogP contribution in [0.4, 0.5) is 4.79 Å². The Morgan fingerprint density at radius 3 is 2.28 bits per heavy atom. The van der Waals surface area contributed by atoms with Crippen LogP contribution in [0.25, 0.3) is 22.3 Å². The van der Waals surface area contributed by atoms with E-state index in [4.69, 9.17) is 35.3 Å². The van der Waals surface area contributed by atoms with E-state index in [9.17, 15) is 19.2 Å². The number of methoxy groups -OCH3 is 1. The first-order valence-electron chi connectivity index (χ1n) is 15.8. The number of halogens is 1. The third-order valence-corrected chi connectivity index (χ3v) is 9.80. The maximum Gasteiger partial charge on any atom is 0.407 e. The molecule has 0 bridgehead atoms. The summed E-state index contributed by atoms with van der Waals surface area (Å²) in [6, 6.07) is 15.0. The molecule has 1 amide bonds. The van der Waals surface area contributed by atoms with Crippen molar-refractivity contribution in [3.63, 3.8) is 0 Å². The molecule has 2 aromatic carbocycles. The monoisotopic (exact) mass is 723 g/mol. The summed E-state index contributed by atoms with van der Waals surface area (Å²) in [6.07, 6.45) is -1.55. The second kappa shape index (κ2) is 15.4. The summed E-state index contributed by atoms with van der Waals surface area (Å²) in [5.41, 5.74) is 5.00. The summed E-state index contributed by atoms with van der Waals surface area (Å²) >= 11 is 7.57. The van der Waals surface area contributed by atoms with Crippen LogP contribution >= 0.6 is 23.4 Å². The molecule has 6 rings (SSSR count). The number of benzene rings is 2. The molecule has 0 radical (unpaired) electrons. The molecular weight excluding hydrogens is 690 g/mol. The Kier molecular flexibility index (Phi) is 10.8. The van der Waals surface area contributed by atoms with Gasteiger partial charge in [0, 0.05) is 25.5 Å². The number of nitrogens with zero attached hydrogens (tertiary/aromatic N) is 4. The smallest absolute Gasteiger partial charge is 0.407 e. The normalized spacial score (nSPS) is 20.1. The van der Waals surface area contributed by atoms with Gasteiger partial charge >= 0.3 is 24.0 Å². The number of imidazole rings is 1. The van der Waals surface area contributed by atoms with Crippen LogP contribution in [-0.4, -0.2) is 93.1 Å². The lowest BCUT2D eigenvalue weighted by Gasteiger charge is -2.24. The number of hydrogen-bond acceptors (Lipinski definition) is 13. The average molecular weight is 724 g/mol. The fraction of sp³-hybridized carbons (Fsp3) is 0.382. The first-order valence-corrected chi connectivity index (χ1v) is 17.3. The fourth-order valence-corrected chi connectivity index (χ4v) is 7.55. The standard InChI is InChI=1S/C34H34ClN5O9S/c1-18(41)47-28-26(49-32(29(28)48-19(2)42)40-17-38-27-30(35)36-16-37-31(27)40)15-50-13-12-25(33(43)45-3)39-34(44)46-14-24-22-10-6-4-8-20(22)21-9-5-7-11-23(21)24/h4-11,16-17,24-26,28-29,32H,12-15H2,1-3H3,(H,39,44)/t25?,26?,28-,29?,32-/m1/s1. The lowest BCUT2D eigenvalue weighted by molar-refractivity contribution is -0.165. The Labute approximate surface area is 296 Å². The highest BCUT2D eigenvalue weighted by Crippen LogP contribution is 2.44. The van der Waals surface area contributed by atoms with Crippen LogP contribution in [0.5, 0.6) is 0 Å². The van der Waals surface area contributed by atoms with Gasteiger partial charge in [-0.25, -0.2) is 24.5 Å². The zero-order valence-corrected chi connectivity index (χ0v) is 28.9. The van der Waals surface area contributed by atoms with E-state index in [0.717, 1.165) is 22.3 Å². The van der Waals surface area contributed by atoms with Crippen LogP contribution in [0.2, 0.25) is 5.15 Å². The van der Waals surface area contributed by atoms with Gasteiger partial charge in [-0.05, 0) is 34.4 Å². The van der Waals surface area contributed by atoms with E-state index in [2.05, 4.69) is 20.3 Å².